The van der Waals surface area contributed by atoms with Crippen LogP contribution in [0.15, 0.2) is 24.5 Å². The molecule has 4 saturated carbocycles. The third-order valence-corrected chi connectivity index (χ3v) is 10.2. The van der Waals surface area contributed by atoms with E-state index in [0.29, 0.717) is 17.3 Å². The van der Waals surface area contributed by atoms with Crippen LogP contribution in [0.2, 0.25) is 0 Å². The van der Waals surface area contributed by atoms with E-state index < -0.39 is 5.60 Å². The molecule has 160 valence electrons. The predicted molar refractivity (Wildman–Crippen MR) is 115 cm³/mol. The minimum atomic E-state index is -0.450. The zero-order valence-electron chi connectivity index (χ0n) is 18.6. The summed E-state index contributed by atoms with van der Waals surface area (Å²) in [5, 5.41) is 19.5. The Balaban J connectivity index is 1.33. The molecule has 4 aliphatic rings. The van der Waals surface area contributed by atoms with Gasteiger partial charge in [-0.25, -0.2) is 0 Å². The van der Waals surface area contributed by atoms with Gasteiger partial charge in [0.25, 0.3) is 0 Å². The number of hydrogen-bond donors (Lipinski definition) is 1. The molecule has 1 heterocycles. The maximum atomic E-state index is 10.8. The van der Waals surface area contributed by atoms with Crippen LogP contribution in [0.25, 0.3) is 0 Å². The van der Waals surface area contributed by atoms with Gasteiger partial charge in [-0.2, -0.15) is 15.0 Å². The molecule has 0 aromatic carbocycles. The van der Waals surface area contributed by atoms with Crippen LogP contribution in [0.3, 0.4) is 0 Å². The van der Waals surface area contributed by atoms with Crippen molar-refractivity contribution >= 4 is 0 Å². The number of aliphatic hydroxyl groups is 1. The average Bonchev–Trinajstić information content (AvgIpc) is 3.29. The van der Waals surface area contributed by atoms with Gasteiger partial charge in [0, 0.05) is 0 Å². The molecule has 0 amide bonds. The molecule has 4 heteroatoms. The first-order chi connectivity index (χ1) is 13.8. The van der Waals surface area contributed by atoms with E-state index in [-0.39, 0.29) is 0 Å². The van der Waals surface area contributed by atoms with Crippen molar-refractivity contribution in [1.82, 2.24) is 15.0 Å². The van der Waals surface area contributed by atoms with Crippen LogP contribution in [0.5, 0.6) is 0 Å². The van der Waals surface area contributed by atoms with Crippen molar-refractivity contribution in [3.63, 3.8) is 0 Å². The summed E-state index contributed by atoms with van der Waals surface area (Å²) in [5.41, 5.74) is 1.29. The van der Waals surface area contributed by atoms with Crippen LogP contribution in [0.4, 0.5) is 0 Å². The maximum absolute atomic E-state index is 10.8. The van der Waals surface area contributed by atoms with Gasteiger partial charge < -0.3 is 5.11 Å². The van der Waals surface area contributed by atoms with Crippen LogP contribution in [-0.2, 0) is 6.54 Å². The summed E-state index contributed by atoms with van der Waals surface area (Å²) in [4.78, 5) is 1.80. The minimum absolute atomic E-state index is 0.407. The second kappa shape index (κ2) is 6.93. The Morgan fingerprint density at radius 3 is 2.59 bits per heavy atom. The maximum Gasteiger partial charge on any atom is 0.0817 e. The molecular weight excluding hydrogens is 358 g/mol. The van der Waals surface area contributed by atoms with E-state index in [1.807, 2.05) is 0 Å². The minimum Gasteiger partial charge on any atom is -0.390 e. The Bertz CT molecular complexity index is 756. The zero-order valence-corrected chi connectivity index (χ0v) is 18.6. The van der Waals surface area contributed by atoms with Gasteiger partial charge in [-0.15, -0.1) is 0 Å². The Labute approximate surface area is 176 Å². The number of rotatable bonds is 3. The van der Waals surface area contributed by atoms with E-state index in [2.05, 4.69) is 37.5 Å². The predicted octanol–water partition coefficient (Wildman–Crippen LogP) is 5.10. The normalized spacial score (nSPS) is 49.2. The van der Waals surface area contributed by atoms with Crippen LogP contribution < -0.4 is 0 Å². The fourth-order valence-corrected chi connectivity index (χ4v) is 8.54. The van der Waals surface area contributed by atoms with E-state index in [0.717, 1.165) is 42.6 Å². The van der Waals surface area contributed by atoms with Crippen molar-refractivity contribution in [1.29, 1.82) is 0 Å². The van der Waals surface area contributed by atoms with Gasteiger partial charge in [0.05, 0.1) is 24.5 Å². The summed E-state index contributed by atoms with van der Waals surface area (Å²) >= 11 is 0. The first-order valence-corrected chi connectivity index (χ1v) is 12.0. The van der Waals surface area contributed by atoms with Crippen molar-refractivity contribution in [3.05, 3.63) is 24.5 Å². The molecule has 4 aliphatic carbocycles. The molecule has 4 fully saturated rings. The highest BCUT2D eigenvalue weighted by molar-refractivity contribution is 5.15. The summed E-state index contributed by atoms with van der Waals surface area (Å²) in [6.45, 7) is 12.2. The first-order valence-electron chi connectivity index (χ1n) is 12.0. The largest absolute Gasteiger partial charge is 0.390 e. The highest BCUT2D eigenvalue weighted by Crippen LogP contribution is 2.65. The molecule has 29 heavy (non-hydrogen) atoms. The molecule has 0 aliphatic heterocycles. The van der Waals surface area contributed by atoms with Crippen molar-refractivity contribution < 1.29 is 5.11 Å². The molecule has 0 saturated heterocycles. The number of nitrogens with zero attached hydrogens (tertiary/aromatic N) is 3. The van der Waals surface area contributed by atoms with Crippen molar-refractivity contribution in [2.45, 2.75) is 84.3 Å². The molecule has 1 aromatic heterocycles. The molecule has 0 radical (unpaired) electrons. The molecule has 0 unspecified atom stereocenters. The van der Waals surface area contributed by atoms with Gasteiger partial charge in [-0.05, 0) is 105 Å². The number of allylic oxidation sites excluding steroid dienone is 1. The molecule has 1 aromatic rings. The third-order valence-electron chi connectivity index (χ3n) is 10.2. The Hall–Kier alpha value is -1.16. The lowest BCUT2D eigenvalue weighted by Gasteiger charge is -2.58. The summed E-state index contributed by atoms with van der Waals surface area (Å²) in [5.74, 6) is 5.30. The molecular formula is C25H39N3O. The van der Waals surface area contributed by atoms with Crippen molar-refractivity contribution in [2.75, 3.05) is 0 Å². The van der Waals surface area contributed by atoms with Crippen LogP contribution in [0, 0.1) is 46.8 Å². The topological polar surface area (TPSA) is 50.9 Å². The van der Waals surface area contributed by atoms with E-state index >= 15 is 0 Å². The second-order valence-corrected chi connectivity index (χ2v) is 11.5. The van der Waals surface area contributed by atoms with Crippen LogP contribution >= 0.6 is 0 Å². The van der Waals surface area contributed by atoms with Gasteiger partial charge >= 0.3 is 0 Å². The highest BCUT2D eigenvalue weighted by Gasteiger charge is 2.58. The standard InChI is InChI=1S/C25H39N3O/c1-16(15-28-26-11-12-27-28)22-7-8-23-20-6-5-18-14-25(4,29)17(2)13-21(18)19(20)9-10-24(22,23)3/h11-12,17-23,29H,1,5-10,13-15H2,2-4H3/t17-,18-,19-,20+,21-,22+,23-,24+,25-/m0/s1. The van der Waals surface area contributed by atoms with E-state index in [1.54, 1.807) is 17.2 Å². The molecule has 0 bridgehead atoms. The van der Waals surface area contributed by atoms with E-state index in [4.69, 9.17) is 0 Å². The highest BCUT2D eigenvalue weighted by atomic mass is 16.3. The van der Waals surface area contributed by atoms with Gasteiger partial charge in [0.1, 0.15) is 0 Å². The molecule has 4 nitrogen and oxygen atoms in total. The van der Waals surface area contributed by atoms with Gasteiger partial charge in [0.15, 0.2) is 0 Å². The average molecular weight is 398 g/mol. The van der Waals surface area contributed by atoms with Gasteiger partial charge in [-0.3, -0.25) is 0 Å². The number of hydrogen-bond acceptors (Lipinski definition) is 3. The zero-order chi connectivity index (χ0) is 20.4. The lowest BCUT2D eigenvalue weighted by molar-refractivity contribution is -0.121. The summed E-state index contributed by atoms with van der Waals surface area (Å²) in [6, 6.07) is 0. The van der Waals surface area contributed by atoms with Crippen LogP contribution in [-0.4, -0.2) is 25.7 Å². The van der Waals surface area contributed by atoms with Gasteiger partial charge in [0.2, 0.25) is 0 Å². The number of aromatic nitrogens is 3. The monoisotopic (exact) mass is 397 g/mol. The Kier molecular flexibility index (Phi) is 4.73. The summed E-state index contributed by atoms with van der Waals surface area (Å²) in [7, 11) is 0. The van der Waals surface area contributed by atoms with Crippen molar-refractivity contribution in [2.24, 2.45) is 46.8 Å². The summed E-state index contributed by atoms with van der Waals surface area (Å²) < 4.78 is 0. The number of fused-ring (bicyclic) bond motifs is 5. The molecule has 9 atom stereocenters. The van der Waals surface area contributed by atoms with Crippen LogP contribution in [0.1, 0.15) is 72.1 Å². The lowest BCUT2D eigenvalue weighted by Crippen LogP contribution is -2.52. The van der Waals surface area contributed by atoms with Gasteiger partial charge in [-0.1, -0.05) is 26.0 Å². The molecule has 1 N–H and O–H groups in total. The molecule has 5 rings (SSSR count). The lowest BCUT2D eigenvalue weighted by atomic mass is 9.48. The SMILES string of the molecule is C=C(Cn1nccn1)[C@H]1CC[C@H]2[C@@H]3CC[C@H]4C[C@](C)(O)[C@@H](C)C[C@@H]4[C@H]3CC[C@]12C. The Morgan fingerprint density at radius 2 is 1.83 bits per heavy atom. The Morgan fingerprint density at radius 1 is 1.07 bits per heavy atom. The molecule has 0 spiro atoms. The van der Waals surface area contributed by atoms with Crippen molar-refractivity contribution in [3.8, 4) is 0 Å². The smallest absolute Gasteiger partial charge is 0.0817 e. The van der Waals surface area contributed by atoms with E-state index in [1.165, 1.54) is 50.5 Å². The summed E-state index contributed by atoms with van der Waals surface area (Å²) in [6.07, 6.45) is 13.9. The second-order valence-electron chi connectivity index (χ2n) is 11.5. The quantitative estimate of drug-likeness (QED) is 0.722. The fraction of sp³-hybridized carbons (Fsp3) is 0.840. The first kappa shape index (κ1) is 19.8. The fourth-order valence-electron chi connectivity index (χ4n) is 8.54. The van der Waals surface area contributed by atoms with E-state index in [9.17, 15) is 5.11 Å². The third kappa shape index (κ3) is 3.12.